The Labute approximate surface area is 130 Å². The quantitative estimate of drug-likeness (QED) is 0.788. The fourth-order valence-electron chi connectivity index (χ4n) is 3.42. The van der Waals surface area contributed by atoms with E-state index in [1.54, 1.807) is 0 Å². The van der Waals surface area contributed by atoms with Gasteiger partial charge in [0.2, 0.25) is 0 Å². The maximum Gasteiger partial charge on any atom is 0.0916 e. The smallest absolute Gasteiger partial charge is 0.0916 e. The summed E-state index contributed by atoms with van der Waals surface area (Å²) in [6.45, 7) is 2.95. The molecule has 1 aromatic carbocycles. The monoisotopic (exact) mass is 289 g/mol. The minimum atomic E-state index is -0.367. The first-order chi connectivity index (χ1) is 10.2. The molecule has 0 spiro atoms. The fraction of sp³-hybridized carbons (Fsp3) is 0.684. The summed E-state index contributed by atoms with van der Waals surface area (Å²) in [6.07, 6.45) is 9.96. The van der Waals surface area contributed by atoms with Crippen LogP contribution >= 0.6 is 0 Å². The van der Waals surface area contributed by atoms with Crippen LogP contribution in [-0.2, 0) is 6.42 Å². The molecule has 1 unspecified atom stereocenters. The molecule has 1 N–H and O–H groups in total. The van der Waals surface area contributed by atoms with E-state index >= 15 is 0 Å². The van der Waals surface area contributed by atoms with Gasteiger partial charge in [0.25, 0.3) is 0 Å². The zero-order valence-electron chi connectivity index (χ0n) is 13.7. The van der Waals surface area contributed by atoms with Crippen LogP contribution in [0.1, 0.15) is 69.1 Å². The number of hydrogen-bond acceptors (Lipinski definition) is 2. The molecule has 2 heteroatoms. The lowest BCUT2D eigenvalue weighted by Crippen LogP contribution is -2.34. The molecule has 118 valence electrons. The lowest BCUT2D eigenvalue weighted by Gasteiger charge is -2.29. The van der Waals surface area contributed by atoms with Crippen molar-refractivity contribution in [2.75, 3.05) is 13.6 Å². The first kappa shape index (κ1) is 16.5. The molecule has 1 atom stereocenters. The van der Waals surface area contributed by atoms with E-state index in [4.69, 9.17) is 0 Å². The number of rotatable bonds is 6. The van der Waals surface area contributed by atoms with E-state index in [2.05, 4.69) is 43.1 Å². The van der Waals surface area contributed by atoms with Gasteiger partial charge in [-0.1, -0.05) is 63.3 Å². The molecule has 1 saturated carbocycles. The third kappa shape index (κ3) is 5.12. The summed E-state index contributed by atoms with van der Waals surface area (Å²) in [5.74, 6) is 0. The summed E-state index contributed by atoms with van der Waals surface area (Å²) in [5, 5.41) is 10.5. The van der Waals surface area contributed by atoms with Gasteiger partial charge in [0.15, 0.2) is 0 Å². The number of aryl methyl sites for hydroxylation is 1. The molecule has 0 heterocycles. The van der Waals surface area contributed by atoms with Crippen LogP contribution in [0.25, 0.3) is 0 Å². The molecule has 1 aliphatic rings. The van der Waals surface area contributed by atoms with Crippen LogP contribution in [0.3, 0.4) is 0 Å². The highest BCUT2D eigenvalue weighted by Crippen LogP contribution is 2.23. The van der Waals surface area contributed by atoms with Gasteiger partial charge < -0.3 is 10.0 Å². The Morgan fingerprint density at radius 2 is 1.71 bits per heavy atom. The summed E-state index contributed by atoms with van der Waals surface area (Å²) in [5.41, 5.74) is 2.42. The van der Waals surface area contributed by atoms with Gasteiger partial charge in [-0.15, -0.1) is 0 Å². The Bertz CT molecular complexity index is 393. The van der Waals surface area contributed by atoms with Gasteiger partial charge in [-0.25, -0.2) is 0 Å². The molecule has 0 radical (unpaired) electrons. The lowest BCUT2D eigenvalue weighted by molar-refractivity contribution is 0.0990. The van der Waals surface area contributed by atoms with Gasteiger partial charge >= 0.3 is 0 Å². The highest BCUT2D eigenvalue weighted by Gasteiger charge is 2.19. The van der Waals surface area contributed by atoms with Gasteiger partial charge in [-0.2, -0.15) is 0 Å². The van der Waals surface area contributed by atoms with Crippen LogP contribution in [0, 0.1) is 0 Å². The highest BCUT2D eigenvalue weighted by atomic mass is 16.3. The molecule has 0 bridgehead atoms. The molecule has 0 saturated heterocycles. The van der Waals surface area contributed by atoms with E-state index in [0.29, 0.717) is 6.04 Å². The van der Waals surface area contributed by atoms with Gasteiger partial charge in [0, 0.05) is 12.6 Å². The van der Waals surface area contributed by atoms with Crippen molar-refractivity contribution in [2.24, 2.45) is 0 Å². The molecule has 2 rings (SSSR count). The number of likely N-dealkylation sites (N-methyl/N-ethyl adjacent to an activating group) is 1. The van der Waals surface area contributed by atoms with Crippen LogP contribution < -0.4 is 0 Å². The zero-order valence-corrected chi connectivity index (χ0v) is 13.7. The number of nitrogens with zero attached hydrogens (tertiary/aromatic N) is 1. The van der Waals surface area contributed by atoms with Crippen molar-refractivity contribution >= 4 is 0 Å². The van der Waals surface area contributed by atoms with E-state index < -0.39 is 0 Å². The maximum atomic E-state index is 10.5. The Balaban J connectivity index is 1.88. The standard InChI is InChI=1S/C19H31NO/c1-3-8-16-11-13-17(14-12-16)19(21)15-20(2)18-9-6-4-5-7-10-18/h11-14,18-19,21H,3-10,15H2,1-2H3. The van der Waals surface area contributed by atoms with E-state index in [9.17, 15) is 5.11 Å². The summed E-state index contributed by atoms with van der Waals surface area (Å²) < 4.78 is 0. The molecule has 1 aliphatic carbocycles. The van der Waals surface area contributed by atoms with Crippen molar-refractivity contribution in [3.63, 3.8) is 0 Å². The number of aliphatic hydroxyl groups is 1. The molecule has 1 aromatic rings. The van der Waals surface area contributed by atoms with E-state index in [-0.39, 0.29) is 6.10 Å². The second-order valence-corrected chi connectivity index (χ2v) is 6.59. The van der Waals surface area contributed by atoms with Crippen molar-refractivity contribution in [3.8, 4) is 0 Å². The second-order valence-electron chi connectivity index (χ2n) is 6.59. The van der Waals surface area contributed by atoms with Gasteiger partial charge in [-0.05, 0) is 37.4 Å². The Kier molecular flexibility index (Phi) is 6.72. The number of benzene rings is 1. The van der Waals surface area contributed by atoms with Gasteiger partial charge in [-0.3, -0.25) is 0 Å². The van der Waals surface area contributed by atoms with Crippen molar-refractivity contribution in [2.45, 2.75) is 70.4 Å². The summed E-state index contributed by atoms with van der Waals surface area (Å²) >= 11 is 0. The predicted octanol–water partition coefficient (Wildman–Crippen LogP) is 4.33. The molecular formula is C19H31NO. The van der Waals surface area contributed by atoms with Crippen LogP contribution in [0.4, 0.5) is 0 Å². The second kappa shape index (κ2) is 8.55. The topological polar surface area (TPSA) is 23.5 Å². The van der Waals surface area contributed by atoms with Crippen molar-refractivity contribution in [1.82, 2.24) is 4.90 Å². The summed E-state index contributed by atoms with van der Waals surface area (Å²) in [4.78, 5) is 2.37. The lowest BCUT2D eigenvalue weighted by atomic mass is 10.0. The highest BCUT2D eigenvalue weighted by molar-refractivity contribution is 5.24. The average molecular weight is 289 g/mol. The van der Waals surface area contributed by atoms with Crippen LogP contribution in [0.15, 0.2) is 24.3 Å². The van der Waals surface area contributed by atoms with Crippen molar-refractivity contribution in [3.05, 3.63) is 35.4 Å². The van der Waals surface area contributed by atoms with Crippen LogP contribution in [-0.4, -0.2) is 29.6 Å². The average Bonchev–Trinajstić information content (AvgIpc) is 2.77. The molecule has 0 amide bonds. The van der Waals surface area contributed by atoms with E-state index in [0.717, 1.165) is 18.5 Å². The molecule has 2 nitrogen and oxygen atoms in total. The van der Waals surface area contributed by atoms with E-state index in [1.165, 1.54) is 50.5 Å². The summed E-state index contributed by atoms with van der Waals surface area (Å²) in [7, 11) is 2.17. The molecule has 1 fully saturated rings. The number of aliphatic hydroxyl groups excluding tert-OH is 1. The molecule has 0 aliphatic heterocycles. The minimum Gasteiger partial charge on any atom is -0.387 e. The molecule has 0 aromatic heterocycles. The minimum absolute atomic E-state index is 0.367. The fourth-order valence-corrected chi connectivity index (χ4v) is 3.42. The van der Waals surface area contributed by atoms with Crippen molar-refractivity contribution in [1.29, 1.82) is 0 Å². The summed E-state index contributed by atoms with van der Waals surface area (Å²) in [6, 6.07) is 9.16. The third-order valence-electron chi connectivity index (χ3n) is 4.81. The van der Waals surface area contributed by atoms with Gasteiger partial charge in [0.1, 0.15) is 0 Å². The Hall–Kier alpha value is -0.860. The zero-order chi connectivity index (χ0) is 15.1. The van der Waals surface area contributed by atoms with Gasteiger partial charge in [0.05, 0.1) is 6.10 Å². The normalized spacial score (nSPS) is 18.7. The number of hydrogen-bond donors (Lipinski definition) is 1. The maximum absolute atomic E-state index is 10.5. The largest absolute Gasteiger partial charge is 0.387 e. The Morgan fingerprint density at radius 3 is 2.29 bits per heavy atom. The van der Waals surface area contributed by atoms with Crippen LogP contribution in [0.2, 0.25) is 0 Å². The SMILES string of the molecule is CCCc1ccc(C(O)CN(C)C2CCCCCC2)cc1. The predicted molar refractivity (Wildman–Crippen MR) is 89.5 cm³/mol. The van der Waals surface area contributed by atoms with Crippen LogP contribution in [0.5, 0.6) is 0 Å². The molecular weight excluding hydrogens is 258 g/mol. The molecule has 21 heavy (non-hydrogen) atoms. The first-order valence-corrected chi connectivity index (χ1v) is 8.68. The Morgan fingerprint density at radius 1 is 1.10 bits per heavy atom. The first-order valence-electron chi connectivity index (χ1n) is 8.68. The van der Waals surface area contributed by atoms with E-state index in [1.807, 2.05) is 0 Å². The third-order valence-corrected chi connectivity index (χ3v) is 4.81. The van der Waals surface area contributed by atoms with Crippen molar-refractivity contribution < 1.29 is 5.11 Å².